The van der Waals surface area contributed by atoms with Crippen molar-refractivity contribution >= 4 is 46.6 Å². The first-order valence-electron chi connectivity index (χ1n) is 7.87. The van der Waals surface area contributed by atoms with E-state index in [0.717, 1.165) is 6.42 Å². The van der Waals surface area contributed by atoms with Gasteiger partial charge in [-0.2, -0.15) is 18.2 Å². The fraction of sp³-hybridized carbons (Fsp3) is 0.130. The van der Waals surface area contributed by atoms with Gasteiger partial charge < -0.3 is 7.43 Å². The number of benzene rings is 2. The first kappa shape index (κ1) is 33.8. The summed E-state index contributed by atoms with van der Waals surface area (Å²) >= 11 is 0. The summed E-state index contributed by atoms with van der Waals surface area (Å²) in [6.07, 6.45) is 10.0. The SMILES string of the molecule is CC.Cl.Cl.[C-]1=CC=CC1.[CH3-].[Si].[Zr+3].c1ccc(-c2cccc3[cH-]ccc23)cc1. The van der Waals surface area contributed by atoms with Gasteiger partial charge >= 0.3 is 26.2 Å². The van der Waals surface area contributed by atoms with Crippen LogP contribution in [0, 0.1) is 13.5 Å². The van der Waals surface area contributed by atoms with Crippen molar-refractivity contribution in [3.05, 3.63) is 98.5 Å². The van der Waals surface area contributed by atoms with Gasteiger partial charge in [0.15, 0.2) is 0 Å². The second-order valence-corrected chi connectivity index (χ2v) is 4.70. The van der Waals surface area contributed by atoms with E-state index in [2.05, 4.69) is 78.9 Å². The number of hydrogen-bond acceptors (Lipinski definition) is 0. The number of hydrogen-bond donors (Lipinski definition) is 0. The summed E-state index contributed by atoms with van der Waals surface area (Å²) in [7, 11) is 0. The van der Waals surface area contributed by atoms with E-state index in [1.165, 1.54) is 21.9 Å². The summed E-state index contributed by atoms with van der Waals surface area (Å²) in [6, 6.07) is 23.4. The molecule has 0 aromatic heterocycles. The van der Waals surface area contributed by atoms with Crippen molar-refractivity contribution in [3.63, 3.8) is 0 Å². The van der Waals surface area contributed by atoms with Crippen LogP contribution in [0.15, 0.2) is 85.0 Å². The van der Waals surface area contributed by atoms with Gasteiger partial charge in [0, 0.05) is 11.0 Å². The molecule has 0 saturated carbocycles. The zero-order valence-corrected chi connectivity index (χ0v) is 21.2. The first-order valence-corrected chi connectivity index (χ1v) is 7.87. The number of fused-ring (bicyclic) bond motifs is 1. The van der Waals surface area contributed by atoms with Crippen LogP contribution >= 0.6 is 24.8 Å². The molecule has 0 N–H and O–H groups in total. The molecule has 0 heterocycles. The molecule has 0 fully saturated rings. The predicted octanol–water partition coefficient (Wildman–Crippen LogP) is 7.47. The second kappa shape index (κ2) is 20.0. The summed E-state index contributed by atoms with van der Waals surface area (Å²) in [4.78, 5) is 0. The molecule has 0 amide bonds. The van der Waals surface area contributed by atoms with Crippen molar-refractivity contribution in [2.45, 2.75) is 20.3 Å². The van der Waals surface area contributed by atoms with Gasteiger partial charge in [0.1, 0.15) is 0 Å². The third kappa shape index (κ3) is 10.4. The largest absolute Gasteiger partial charge is 3.00 e. The molecule has 0 saturated heterocycles. The topological polar surface area (TPSA) is 0 Å². The van der Waals surface area contributed by atoms with Crippen LogP contribution in [0.2, 0.25) is 0 Å². The minimum absolute atomic E-state index is 0. The maximum Gasteiger partial charge on any atom is 3.00 e. The Kier molecular flexibility index (Phi) is 25.0. The first-order chi connectivity index (χ1) is 10.9. The fourth-order valence-corrected chi connectivity index (χ4v) is 2.37. The monoisotopic (exact) mass is 491 g/mol. The van der Waals surface area contributed by atoms with Crippen LogP contribution in [0.3, 0.4) is 0 Å². The van der Waals surface area contributed by atoms with Crippen LogP contribution in [-0.4, -0.2) is 11.0 Å². The van der Waals surface area contributed by atoms with Crippen molar-refractivity contribution in [2.24, 2.45) is 0 Å². The summed E-state index contributed by atoms with van der Waals surface area (Å²) in [5.74, 6) is 0. The zero-order valence-electron chi connectivity index (χ0n) is 16.1. The molecule has 0 atom stereocenters. The summed E-state index contributed by atoms with van der Waals surface area (Å²) in [5, 5.41) is 2.65. The molecule has 5 radical (unpaired) electrons. The van der Waals surface area contributed by atoms with Gasteiger partial charge in [0.2, 0.25) is 0 Å². The van der Waals surface area contributed by atoms with E-state index in [4.69, 9.17) is 0 Å². The Morgan fingerprint density at radius 2 is 1.56 bits per heavy atom. The Morgan fingerprint density at radius 3 is 2.07 bits per heavy atom. The predicted molar refractivity (Wildman–Crippen MR) is 125 cm³/mol. The van der Waals surface area contributed by atoms with E-state index >= 15 is 0 Å². The normalized spacial score (nSPS) is 9.41. The van der Waals surface area contributed by atoms with Gasteiger partial charge in [-0.15, -0.1) is 60.2 Å². The van der Waals surface area contributed by atoms with E-state index in [1.807, 2.05) is 26.0 Å². The molecule has 3 aromatic carbocycles. The van der Waals surface area contributed by atoms with Gasteiger partial charge in [-0.3, -0.25) is 6.08 Å². The van der Waals surface area contributed by atoms with Crippen molar-refractivity contribution < 1.29 is 26.2 Å². The van der Waals surface area contributed by atoms with Crippen LogP contribution in [0.25, 0.3) is 21.9 Å². The molecule has 141 valence electrons. The molecule has 3 aromatic rings. The van der Waals surface area contributed by atoms with E-state index in [0.29, 0.717) is 0 Å². The Bertz CT molecular complexity index is 739. The standard InChI is InChI=1S/C15H11.C5H5.C2H6.CH3.2ClH.Si.Zr/c1-2-6-12(7-3-1)14-10-4-8-13-9-5-11-15(13)14;1-2-4-5-3-1;1-2;;;;;/h1-11H;1-3H,4H2;1-2H3;1H3;2*1H;;/q2*-1;;-1;;;;+3. The Hall–Kier alpha value is -0.790. The number of halogens is 2. The number of rotatable bonds is 1. The third-order valence-corrected chi connectivity index (χ3v) is 3.35. The molecule has 27 heavy (non-hydrogen) atoms. The molecule has 0 bridgehead atoms. The molecule has 0 unspecified atom stereocenters. The molecule has 1 aliphatic rings. The average Bonchev–Trinajstić information content (AvgIpc) is 3.31. The van der Waals surface area contributed by atoms with E-state index in [-0.39, 0.29) is 69.4 Å². The van der Waals surface area contributed by atoms with Gasteiger partial charge in [0.25, 0.3) is 0 Å². The van der Waals surface area contributed by atoms with Gasteiger partial charge in [-0.25, -0.2) is 12.2 Å². The maximum atomic E-state index is 2.99. The quantitative estimate of drug-likeness (QED) is 0.244. The Labute approximate surface area is 201 Å². The summed E-state index contributed by atoms with van der Waals surface area (Å²) in [5.41, 5.74) is 2.60. The molecular weight excluding hydrogens is 466 g/mol. The zero-order chi connectivity index (χ0) is 15.6. The molecule has 0 nitrogen and oxygen atoms in total. The minimum atomic E-state index is 0. The van der Waals surface area contributed by atoms with Crippen molar-refractivity contribution in [3.8, 4) is 11.1 Å². The number of allylic oxidation sites excluding steroid dienone is 4. The molecular formula is C23H27Cl2SiZr. The minimum Gasteiger partial charge on any atom is -0.358 e. The molecule has 4 rings (SSSR count). The Morgan fingerprint density at radius 1 is 0.889 bits per heavy atom. The molecule has 0 spiro atoms. The van der Waals surface area contributed by atoms with Crippen LogP contribution < -0.4 is 0 Å². The average molecular weight is 494 g/mol. The molecule has 4 heteroatoms. The van der Waals surface area contributed by atoms with Crippen LogP contribution in [-0.2, 0) is 26.2 Å². The smallest absolute Gasteiger partial charge is 0.358 e. The maximum absolute atomic E-state index is 2.99. The van der Waals surface area contributed by atoms with E-state index in [9.17, 15) is 0 Å². The third-order valence-electron chi connectivity index (χ3n) is 3.35. The van der Waals surface area contributed by atoms with Crippen LogP contribution in [0.5, 0.6) is 0 Å². The van der Waals surface area contributed by atoms with Crippen molar-refractivity contribution in [1.29, 1.82) is 0 Å². The van der Waals surface area contributed by atoms with Gasteiger partial charge in [-0.05, 0) is 5.56 Å². The summed E-state index contributed by atoms with van der Waals surface area (Å²) < 4.78 is 0. The van der Waals surface area contributed by atoms with Crippen molar-refractivity contribution in [2.75, 3.05) is 0 Å². The Balaban J connectivity index is -0.000000194. The van der Waals surface area contributed by atoms with Gasteiger partial charge in [-0.1, -0.05) is 55.8 Å². The van der Waals surface area contributed by atoms with Crippen molar-refractivity contribution in [1.82, 2.24) is 0 Å². The van der Waals surface area contributed by atoms with E-state index in [1.54, 1.807) is 0 Å². The summed E-state index contributed by atoms with van der Waals surface area (Å²) in [6.45, 7) is 4.00. The van der Waals surface area contributed by atoms with E-state index < -0.39 is 0 Å². The van der Waals surface area contributed by atoms with Crippen LogP contribution in [0.4, 0.5) is 0 Å². The molecule has 0 aliphatic heterocycles. The van der Waals surface area contributed by atoms with Crippen LogP contribution in [0.1, 0.15) is 20.3 Å². The second-order valence-electron chi connectivity index (χ2n) is 4.70. The van der Waals surface area contributed by atoms with Gasteiger partial charge in [0.05, 0.1) is 0 Å². The fourth-order valence-electron chi connectivity index (χ4n) is 2.37. The molecule has 1 aliphatic carbocycles.